The topological polar surface area (TPSA) is 75.8 Å². The number of alkyl halides is 3. The van der Waals surface area contributed by atoms with Crippen LogP contribution in [0.25, 0.3) is 11.0 Å². The Balaban J connectivity index is 1.77. The Morgan fingerprint density at radius 1 is 1.29 bits per heavy atom. The summed E-state index contributed by atoms with van der Waals surface area (Å²) in [6, 6.07) is 8.27. The number of aromatic amines is 1. The summed E-state index contributed by atoms with van der Waals surface area (Å²) in [5, 5.41) is 2.64. The van der Waals surface area contributed by atoms with Crippen molar-refractivity contribution in [2.45, 2.75) is 12.7 Å². The van der Waals surface area contributed by atoms with Crippen LogP contribution in [0.1, 0.15) is 21.8 Å². The number of anilines is 1. The lowest BCUT2D eigenvalue weighted by molar-refractivity contribution is -0.137. The van der Waals surface area contributed by atoms with Crippen molar-refractivity contribution in [2.75, 3.05) is 5.32 Å². The van der Waals surface area contributed by atoms with Gasteiger partial charge in [0.1, 0.15) is 11.5 Å². The predicted octanol–water partition coefficient (Wildman–Crippen LogP) is 5.04. The Kier molecular flexibility index (Phi) is 4.50. The monoisotopic (exact) mass is 452 g/mol. The SMILES string of the molecule is O=C(Nc1nc2cc(C(F)(F)F)ccc2n1Cc1ccco1)c1cc(Br)c[nH]1. The van der Waals surface area contributed by atoms with Crippen LogP contribution in [-0.2, 0) is 12.7 Å². The van der Waals surface area contributed by atoms with E-state index in [0.717, 1.165) is 12.1 Å². The van der Waals surface area contributed by atoms with Crippen LogP contribution in [0.5, 0.6) is 0 Å². The normalized spacial score (nSPS) is 11.9. The van der Waals surface area contributed by atoms with Gasteiger partial charge in [-0.25, -0.2) is 4.98 Å². The number of benzene rings is 1. The van der Waals surface area contributed by atoms with Crippen molar-refractivity contribution in [3.63, 3.8) is 0 Å². The third-order valence-electron chi connectivity index (χ3n) is 4.09. The van der Waals surface area contributed by atoms with Crippen LogP contribution in [0.2, 0.25) is 0 Å². The van der Waals surface area contributed by atoms with Gasteiger partial charge in [0, 0.05) is 10.7 Å². The quantitative estimate of drug-likeness (QED) is 0.455. The summed E-state index contributed by atoms with van der Waals surface area (Å²) in [5.41, 5.74) is 0.0185. The number of carbonyl (C=O) groups excluding carboxylic acids is 1. The Hall–Kier alpha value is -3.01. The molecule has 0 saturated carbocycles. The molecule has 0 spiro atoms. The van der Waals surface area contributed by atoms with Gasteiger partial charge in [-0.05, 0) is 52.3 Å². The number of nitrogens with one attached hydrogen (secondary N) is 2. The summed E-state index contributed by atoms with van der Waals surface area (Å²) >= 11 is 3.24. The fraction of sp³-hybridized carbons (Fsp3) is 0.111. The zero-order valence-electron chi connectivity index (χ0n) is 14.0. The Morgan fingerprint density at radius 3 is 2.75 bits per heavy atom. The van der Waals surface area contributed by atoms with Gasteiger partial charge in [0.05, 0.1) is 29.4 Å². The number of amides is 1. The molecule has 3 heterocycles. The summed E-state index contributed by atoms with van der Waals surface area (Å²) in [7, 11) is 0. The van der Waals surface area contributed by atoms with E-state index in [4.69, 9.17) is 4.42 Å². The van der Waals surface area contributed by atoms with Crippen LogP contribution in [0, 0.1) is 0 Å². The maximum atomic E-state index is 13.0. The first kappa shape index (κ1) is 18.4. The number of furan rings is 1. The lowest BCUT2D eigenvalue weighted by Gasteiger charge is -2.09. The maximum absolute atomic E-state index is 13.0. The molecule has 0 atom stereocenters. The van der Waals surface area contributed by atoms with Gasteiger partial charge >= 0.3 is 6.18 Å². The number of imidazole rings is 1. The summed E-state index contributed by atoms with van der Waals surface area (Å²) in [5.74, 6) is 0.205. The number of hydrogen-bond donors (Lipinski definition) is 2. The van der Waals surface area contributed by atoms with E-state index in [1.165, 1.54) is 12.3 Å². The van der Waals surface area contributed by atoms with Crippen molar-refractivity contribution in [2.24, 2.45) is 0 Å². The van der Waals surface area contributed by atoms with Crippen LogP contribution in [0.4, 0.5) is 19.1 Å². The Bertz CT molecular complexity index is 1150. The molecule has 0 bridgehead atoms. The molecule has 0 unspecified atom stereocenters. The summed E-state index contributed by atoms with van der Waals surface area (Å²) < 4.78 is 46.7. The number of rotatable bonds is 4. The highest BCUT2D eigenvalue weighted by atomic mass is 79.9. The molecule has 0 aliphatic carbocycles. The van der Waals surface area contributed by atoms with E-state index < -0.39 is 17.6 Å². The van der Waals surface area contributed by atoms with Crippen LogP contribution in [0.3, 0.4) is 0 Å². The van der Waals surface area contributed by atoms with E-state index in [2.05, 4.69) is 31.2 Å². The molecule has 0 saturated heterocycles. The van der Waals surface area contributed by atoms with Crippen molar-refractivity contribution < 1.29 is 22.4 Å². The Labute approximate surface area is 164 Å². The molecule has 4 aromatic rings. The minimum absolute atomic E-state index is 0.112. The summed E-state index contributed by atoms with van der Waals surface area (Å²) in [6.07, 6.45) is -1.40. The molecule has 2 N–H and O–H groups in total. The second-order valence-corrected chi connectivity index (χ2v) is 6.90. The molecule has 1 aromatic carbocycles. The molecule has 0 aliphatic heterocycles. The van der Waals surface area contributed by atoms with Gasteiger partial charge < -0.3 is 14.0 Å². The number of aromatic nitrogens is 3. The highest BCUT2D eigenvalue weighted by molar-refractivity contribution is 9.10. The number of fused-ring (bicyclic) bond motifs is 1. The van der Waals surface area contributed by atoms with E-state index in [-0.39, 0.29) is 23.7 Å². The molecule has 144 valence electrons. The van der Waals surface area contributed by atoms with Gasteiger partial charge in [0.25, 0.3) is 5.91 Å². The number of carbonyl (C=O) groups is 1. The molecule has 6 nitrogen and oxygen atoms in total. The molecule has 0 aliphatic rings. The fourth-order valence-corrected chi connectivity index (χ4v) is 3.13. The lowest BCUT2D eigenvalue weighted by Crippen LogP contribution is -2.16. The largest absolute Gasteiger partial charge is 0.467 e. The second kappa shape index (κ2) is 6.86. The van der Waals surface area contributed by atoms with E-state index >= 15 is 0 Å². The van der Waals surface area contributed by atoms with E-state index in [1.807, 2.05) is 0 Å². The first-order valence-corrected chi connectivity index (χ1v) is 8.86. The molecule has 1 amide bonds. The third kappa shape index (κ3) is 3.55. The van der Waals surface area contributed by atoms with E-state index in [0.29, 0.717) is 15.7 Å². The second-order valence-electron chi connectivity index (χ2n) is 5.99. The molecular weight excluding hydrogens is 441 g/mol. The van der Waals surface area contributed by atoms with Gasteiger partial charge in [-0.15, -0.1) is 0 Å². The lowest BCUT2D eigenvalue weighted by atomic mass is 10.2. The highest BCUT2D eigenvalue weighted by Gasteiger charge is 2.31. The zero-order valence-corrected chi connectivity index (χ0v) is 15.6. The third-order valence-corrected chi connectivity index (χ3v) is 4.55. The minimum atomic E-state index is -4.49. The van der Waals surface area contributed by atoms with Gasteiger partial charge in [0.2, 0.25) is 5.95 Å². The fourth-order valence-electron chi connectivity index (χ4n) is 2.79. The number of nitrogens with zero attached hydrogens (tertiary/aromatic N) is 2. The molecule has 28 heavy (non-hydrogen) atoms. The summed E-state index contributed by atoms with van der Waals surface area (Å²) in [6.45, 7) is 0.193. The van der Waals surface area contributed by atoms with Crippen molar-refractivity contribution >= 4 is 38.8 Å². The van der Waals surface area contributed by atoms with Gasteiger partial charge in [0.15, 0.2) is 0 Å². The smallest absolute Gasteiger partial charge is 0.416 e. The van der Waals surface area contributed by atoms with Crippen LogP contribution in [0.15, 0.2) is 57.7 Å². The highest BCUT2D eigenvalue weighted by Crippen LogP contribution is 2.32. The minimum Gasteiger partial charge on any atom is -0.467 e. The standard InChI is InChI=1S/C18H12BrF3N4O2/c19-11-7-14(23-8-11)16(27)25-17-24-13-6-10(18(20,21)22)3-4-15(13)26(17)9-12-2-1-5-28-12/h1-8,23H,9H2,(H,24,25,27). The van der Waals surface area contributed by atoms with E-state index in [9.17, 15) is 18.0 Å². The number of halogens is 4. The molecular formula is C18H12BrF3N4O2. The van der Waals surface area contributed by atoms with E-state index in [1.54, 1.807) is 29.0 Å². The molecule has 4 rings (SSSR count). The first-order valence-electron chi connectivity index (χ1n) is 8.06. The van der Waals surface area contributed by atoms with Crippen molar-refractivity contribution in [3.8, 4) is 0 Å². The molecule has 10 heteroatoms. The Morgan fingerprint density at radius 2 is 2.11 bits per heavy atom. The molecule has 3 aromatic heterocycles. The van der Waals surface area contributed by atoms with Gasteiger partial charge in [-0.3, -0.25) is 10.1 Å². The average Bonchev–Trinajstić information content (AvgIpc) is 3.35. The average molecular weight is 453 g/mol. The summed E-state index contributed by atoms with van der Waals surface area (Å²) in [4.78, 5) is 19.5. The predicted molar refractivity (Wildman–Crippen MR) is 99.0 cm³/mol. The number of H-pyrrole nitrogens is 1. The van der Waals surface area contributed by atoms with Crippen LogP contribution >= 0.6 is 15.9 Å². The maximum Gasteiger partial charge on any atom is 0.416 e. The molecule has 0 fully saturated rings. The van der Waals surface area contributed by atoms with Gasteiger partial charge in [-0.1, -0.05) is 0 Å². The molecule has 0 radical (unpaired) electrons. The van der Waals surface area contributed by atoms with Crippen molar-refractivity contribution in [1.82, 2.24) is 14.5 Å². The van der Waals surface area contributed by atoms with Crippen molar-refractivity contribution in [3.05, 3.63) is 70.3 Å². The van der Waals surface area contributed by atoms with Crippen molar-refractivity contribution in [1.29, 1.82) is 0 Å². The van der Waals surface area contributed by atoms with Crippen LogP contribution in [-0.4, -0.2) is 20.4 Å². The number of hydrogen-bond acceptors (Lipinski definition) is 3. The zero-order chi connectivity index (χ0) is 19.9. The van der Waals surface area contributed by atoms with Gasteiger partial charge in [-0.2, -0.15) is 13.2 Å². The first-order chi connectivity index (χ1) is 13.3. The van der Waals surface area contributed by atoms with Crippen LogP contribution < -0.4 is 5.32 Å².